The minimum Gasteiger partial charge on any atom is -0.494 e. The molecule has 3 aliphatic rings. The van der Waals surface area contributed by atoms with Gasteiger partial charge >= 0.3 is 5.97 Å². The molecule has 4 aromatic rings. The number of aromatic carboxylic acids is 1. The molecule has 8 nitrogen and oxygen atoms in total. The van der Waals surface area contributed by atoms with Gasteiger partial charge in [0.25, 0.3) is 0 Å². The highest BCUT2D eigenvalue weighted by Gasteiger charge is 2.43. The maximum absolute atomic E-state index is 13.9. The van der Waals surface area contributed by atoms with Gasteiger partial charge in [-0.2, -0.15) is 0 Å². The molecule has 2 bridgehead atoms. The summed E-state index contributed by atoms with van der Waals surface area (Å²) < 4.78 is 32.5. The molecule has 39 heavy (non-hydrogen) atoms. The number of fused-ring (bicyclic) bond motifs is 3. The SMILES string of the molecule is COc1cc(C(=O)O)cc2sc(N3[C@@H]4CC[C@H]3CC(OCc3c(-c5cccc(F)c5)noc3C3CC3)C4)nc12. The highest BCUT2D eigenvalue weighted by atomic mass is 32.1. The predicted molar refractivity (Wildman–Crippen MR) is 144 cm³/mol. The largest absolute Gasteiger partial charge is 0.494 e. The van der Waals surface area contributed by atoms with E-state index >= 15 is 0 Å². The number of benzene rings is 2. The average molecular weight is 550 g/mol. The molecule has 0 amide bonds. The molecule has 10 heteroatoms. The summed E-state index contributed by atoms with van der Waals surface area (Å²) in [5.41, 5.74) is 3.20. The van der Waals surface area contributed by atoms with Crippen LogP contribution in [0.25, 0.3) is 21.5 Å². The van der Waals surface area contributed by atoms with Gasteiger partial charge < -0.3 is 24.0 Å². The Morgan fingerprint density at radius 2 is 1.97 bits per heavy atom. The number of carboxylic acids is 1. The minimum atomic E-state index is -0.985. The summed E-state index contributed by atoms with van der Waals surface area (Å²) >= 11 is 1.52. The maximum Gasteiger partial charge on any atom is 0.335 e. The van der Waals surface area contributed by atoms with Crippen molar-refractivity contribution in [1.29, 1.82) is 0 Å². The molecule has 202 valence electrons. The van der Waals surface area contributed by atoms with Crippen molar-refractivity contribution in [1.82, 2.24) is 10.1 Å². The number of carbonyl (C=O) groups is 1. The van der Waals surface area contributed by atoms with E-state index in [-0.39, 0.29) is 17.5 Å². The van der Waals surface area contributed by atoms with Crippen molar-refractivity contribution in [3.05, 3.63) is 59.1 Å². The topological polar surface area (TPSA) is 97.9 Å². The second kappa shape index (κ2) is 9.60. The Bertz CT molecular complexity index is 1550. The smallest absolute Gasteiger partial charge is 0.335 e. The summed E-state index contributed by atoms with van der Waals surface area (Å²) in [6.07, 6.45) is 6.12. The van der Waals surface area contributed by atoms with Crippen LogP contribution in [0.2, 0.25) is 0 Å². The van der Waals surface area contributed by atoms with E-state index in [0.717, 1.165) is 59.7 Å². The van der Waals surface area contributed by atoms with Crippen molar-refractivity contribution in [3.8, 4) is 17.0 Å². The van der Waals surface area contributed by atoms with E-state index in [9.17, 15) is 14.3 Å². The molecule has 1 unspecified atom stereocenters. The fraction of sp³-hybridized carbons (Fsp3) is 0.414. The van der Waals surface area contributed by atoms with Gasteiger partial charge in [0, 0.05) is 29.1 Å². The molecule has 0 radical (unpaired) electrons. The first-order valence-electron chi connectivity index (χ1n) is 13.3. The Labute approximate surface area is 228 Å². The zero-order chi connectivity index (χ0) is 26.7. The van der Waals surface area contributed by atoms with Crippen LogP contribution in [0.4, 0.5) is 9.52 Å². The van der Waals surface area contributed by atoms with Crippen LogP contribution in [0, 0.1) is 5.82 Å². The second-order valence-corrected chi connectivity index (χ2v) is 11.7. The second-order valence-electron chi connectivity index (χ2n) is 10.7. The zero-order valence-corrected chi connectivity index (χ0v) is 22.2. The van der Waals surface area contributed by atoms with Crippen molar-refractivity contribution in [2.75, 3.05) is 12.0 Å². The highest BCUT2D eigenvalue weighted by Crippen LogP contribution is 2.46. The molecule has 2 saturated heterocycles. The lowest BCUT2D eigenvalue weighted by molar-refractivity contribution is 0.0147. The highest BCUT2D eigenvalue weighted by molar-refractivity contribution is 7.22. The minimum absolute atomic E-state index is 0.0867. The molecule has 7 rings (SSSR count). The quantitative estimate of drug-likeness (QED) is 0.270. The molecular weight excluding hydrogens is 521 g/mol. The molecule has 1 aliphatic carbocycles. The number of ether oxygens (including phenoxy) is 2. The summed E-state index contributed by atoms with van der Waals surface area (Å²) in [6.45, 7) is 0.390. The van der Waals surface area contributed by atoms with Gasteiger partial charge in [-0.1, -0.05) is 28.6 Å². The van der Waals surface area contributed by atoms with Gasteiger partial charge in [0.1, 0.15) is 28.5 Å². The van der Waals surface area contributed by atoms with Crippen LogP contribution in [0.1, 0.15) is 66.1 Å². The molecule has 2 aliphatic heterocycles. The monoisotopic (exact) mass is 549 g/mol. The number of hydrogen-bond donors (Lipinski definition) is 1. The third kappa shape index (κ3) is 4.45. The van der Waals surface area contributed by atoms with Crippen LogP contribution in [0.15, 0.2) is 40.9 Å². The van der Waals surface area contributed by atoms with Gasteiger partial charge in [-0.25, -0.2) is 14.2 Å². The number of rotatable bonds is 8. The molecule has 3 atom stereocenters. The summed E-state index contributed by atoms with van der Waals surface area (Å²) in [6, 6.07) is 10.3. The number of nitrogens with zero attached hydrogens (tertiary/aromatic N) is 3. The zero-order valence-electron chi connectivity index (χ0n) is 21.4. The van der Waals surface area contributed by atoms with Crippen LogP contribution in [-0.4, -0.2) is 46.5 Å². The lowest BCUT2D eigenvalue weighted by Gasteiger charge is -2.38. The third-order valence-electron chi connectivity index (χ3n) is 8.15. The number of anilines is 1. The number of piperidine rings is 1. The molecule has 1 N–H and O–H groups in total. The number of methoxy groups -OCH3 is 1. The molecule has 0 spiro atoms. The van der Waals surface area contributed by atoms with Gasteiger partial charge in [0.05, 0.1) is 30.1 Å². The van der Waals surface area contributed by atoms with E-state index in [4.69, 9.17) is 19.0 Å². The first-order valence-corrected chi connectivity index (χ1v) is 14.2. The molecule has 4 heterocycles. The normalized spacial score (nSPS) is 22.5. The Balaban J connectivity index is 1.10. The summed E-state index contributed by atoms with van der Waals surface area (Å²) in [5, 5.41) is 14.7. The van der Waals surface area contributed by atoms with Crippen LogP contribution in [0.5, 0.6) is 5.75 Å². The van der Waals surface area contributed by atoms with E-state index in [1.807, 2.05) is 6.07 Å². The van der Waals surface area contributed by atoms with Gasteiger partial charge in [-0.05, 0) is 62.8 Å². The molecule has 3 fully saturated rings. The molecule has 2 aromatic carbocycles. The van der Waals surface area contributed by atoms with Gasteiger partial charge in [0.15, 0.2) is 5.13 Å². The molecule has 2 aromatic heterocycles. The van der Waals surface area contributed by atoms with Crippen LogP contribution < -0.4 is 9.64 Å². The first kappa shape index (κ1) is 24.5. The standard InChI is InChI=1S/C29H28FN3O5S/c1-36-23-10-17(28(34)35)11-24-26(23)31-29(39-24)33-19-7-8-20(33)13-21(12-19)37-14-22-25(16-3-2-4-18(30)9-16)32-38-27(22)15-5-6-15/h2-4,9-11,15,19-21H,5-8,12-14H2,1H3,(H,34,35)/t19-,20+,21?. The number of thiazole rings is 1. The van der Waals surface area contributed by atoms with Gasteiger partial charge in [-0.3, -0.25) is 0 Å². The molecular formula is C29H28FN3O5S. The Morgan fingerprint density at radius 3 is 2.67 bits per heavy atom. The number of halogens is 1. The Kier molecular flexibility index (Phi) is 6.04. The fourth-order valence-corrected chi connectivity index (χ4v) is 7.31. The van der Waals surface area contributed by atoms with E-state index in [2.05, 4.69) is 10.1 Å². The number of aromatic nitrogens is 2. The molecule has 1 saturated carbocycles. The van der Waals surface area contributed by atoms with Crippen molar-refractivity contribution in [2.45, 2.75) is 69.2 Å². The first-order chi connectivity index (χ1) is 19.0. The Hall–Kier alpha value is -3.50. The van der Waals surface area contributed by atoms with Gasteiger partial charge in [0.2, 0.25) is 0 Å². The lowest BCUT2D eigenvalue weighted by atomic mass is 10.00. The summed E-state index contributed by atoms with van der Waals surface area (Å²) in [4.78, 5) is 18.9. The van der Waals surface area contributed by atoms with Gasteiger partial charge in [-0.15, -0.1) is 0 Å². The maximum atomic E-state index is 13.9. The number of hydrogen-bond acceptors (Lipinski definition) is 8. The van der Waals surface area contributed by atoms with E-state index in [1.54, 1.807) is 12.1 Å². The summed E-state index contributed by atoms with van der Waals surface area (Å²) in [7, 11) is 1.54. The average Bonchev–Trinajstić information content (AvgIpc) is 3.44. The third-order valence-corrected chi connectivity index (χ3v) is 9.17. The van der Waals surface area contributed by atoms with E-state index in [1.165, 1.54) is 36.6 Å². The van der Waals surface area contributed by atoms with Crippen LogP contribution in [-0.2, 0) is 11.3 Å². The van der Waals surface area contributed by atoms with Crippen molar-refractivity contribution in [3.63, 3.8) is 0 Å². The van der Waals surface area contributed by atoms with Crippen LogP contribution >= 0.6 is 11.3 Å². The van der Waals surface area contributed by atoms with Crippen molar-refractivity contribution >= 4 is 32.7 Å². The van der Waals surface area contributed by atoms with E-state index in [0.29, 0.717) is 47.1 Å². The number of carboxylic acid groups (broad SMARTS) is 1. The predicted octanol–water partition coefficient (Wildman–Crippen LogP) is 6.39. The fourth-order valence-electron chi connectivity index (χ4n) is 6.14. The van der Waals surface area contributed by atoms with Crippen molar-refractivity contribution in [2.24, 2.45) is 0 Å². The van der Waals surface area contributed by atoms with E-state index < -0.39 is 5.97 Å². The summed E-state index contributed by atoms with van der Waals surface area (Å²) in [5.74, 6) is 0.438. The van der Waals surface area contributed by atoms with Crippen LogP contribution in [0.3, 0.4) is 0 Å². The van der Waals surface area contributed by atoms with Crippen molar-refractivity contribution < 1.29 is 28.3 Å². The Morgan fingerprint density at radius 1 is 1.18 bits per heavy atom. The lowest BCUT2D eigenvalue weighted by Crippen LogP contribution is -2.45.